The molecule has 0 aromatic carbocycles. The minimum Gasteiger partial charge on any atom is -0.383 e. The van der Waals surface area contributed by atoms with Crippen molar-refractivity contribution in [3.63, 3.8) is 0 Å². The molecule has 1 heterocycles. The summed E-state index contributed by atoms with van der Waals surface area (Å²) >= 11 is 2.24. The van der Waals surface area contributed by atoms with Crippen LogP contribution in [-0.2, 0) is 10.3 Å². The number of nitrogens with zero attached hydrogens (tertiary/aromatic N) is 2. The standard InChI is InChI=1S/C15H24IN3O/c1-4-20-15(8-6-5-7-9-15)14-18-12(10(2)3)11(16)13(17)19-14/h10H,4-9H2,1-3H3,(H2,17,18,19). The first kappa shape index (κ1) is 15.9. The van der Waals surface area contributed by atoms with Crippen molar-refractivity contribution in [3.8, 4) is 0 Å². The lowest BCUT2D eigenvalue weighted by atomic mass is 9.83. The van der Waals surface area contributed by atoms with E-state index in [2.05, 4.69) is 41.4 Å². The van der Waals surface area contributed by atoms with Gasteiger partial charge in [-0.3, -0.25) is 0 Å². The first-order valence-electron chi connectivity index (χ1n) is 7.47. The molecule has 0 bridgehead atoms. The smallest absolute Gasteiger partial charge is 0.162 e. The maximum absolute atomic E-state index is 6.11. The molecule has 2 N–H and O–H groups in total. The van der Waals surface area contributed by atoms with Crippen LogP contribution >= 0.6 is 22.6 Å². The van der Waals surface area contributed by atoms with E-state index in [1.54, 1.807) is 0 Å². The summed E-state index contributed by atoms with van der Waals surface area (Å²) in [5.74, 6) is 1.72. The van der Waals surface area contributed by atoms with E-state index >= 15 is 0 Å². The Morgan fingerprint density at radius 1 is 1.25 bits per heavy atom. The fourth-order valence-corrected chi connectivity index (χ4v) is 3.76. The molecule has 1 fully saturated rings. The van der Waals surface area contributed by atoms with Gasteiger partial charge in [0.05, 0.1) is 9.26 Å². The van der Waals surface area contributed by atoms with Gasteiger partial charge in [0.25, 0.3) is 0 Å². The maximum Gasteiger partial charge on any atom is 0.162 e. The van der Waals surface area contributed by atoms with E-state index in [1.165, 1.54) is 19.3 Å². The number of anilines is 1. The average Bonchev–Trinajstić information content (AvgIpc) is 2.42. The van der Waals surface area contributed by atoms with Crippen molar-refractivity contribution >= 4 is 28.4 Å². The van der Waals surface area contributed by atoms with Crippen LogP contribution in [0.25, 0.3) is 0 Å². The molecule has 0 spiro atoms. The van der Waals surface area contributed by atoms with Crippen molar-refractivity contribution in [1.82, 2.24) is 9.97 Å². The fraction of sp³-hybridized carbons (Fsp3) is 0.733. The Bertz CT molecular complexity index is 465. The minimum absolute atomic E-state index is 0.324. The van der Waals surface area contributed by atoms with Crippen molar-refractivity contribution in [3.05, 3.63) is 15.1 Å². The Morgan fingerprint density at radius 2 is 1.90 bits per heavy atom. The molecule has 2 rings (SSSR count). The summed E-state index contributed by atoms with van der Waals surface area (Å²) in [6.07, 6.45) is 5.61. The topological polar surface area (TPSA) is 61.0 Å². The van der Waals surface area contributed by atoms with Crippen molar-refractivity contribution < 1.29 is 4.74 Å². The third kappa shape index (κ3) is 3.08. The summed E-state index contributed by atoms with van der Waals surface area (Å²) in [7, 11) is 0. The Morgan fingerprint density at radius 3 is 2.45 bits per heavy atom. The van der Waals surface area contributed by atoms with Crippen LogP contribution < -0.4 is 5.73 Å². The lowest BCUT2D eigenvalue weighted by molar-refractivity contribution is -0.0767. The lowest BCUT2D eigenvalue weighted by Gasteiger charge is -2.36. The molecule has 5 heteroatoms. The van der Waals surface area contributed by atoms with Gasteiger partial charge in [-0.25, -0.2) is 9.97 Å². The van der Waals surface area contributed by atoms with Gasteiger partial charge in [-0.2, -0.15) is 0 Å². The third-order valence-corrected chi connectivity index (χ3v) is 5.04. The monoisotopic (exact) mass is 389 g/mol. The molecular formula is C15H24IN3O. The van der Waals surface area contributed by atoms with E-state index in [4.69, 9.17) is 15.5 Å². The molecule has 0 radical (unpaired) electrons. The summed E-state index contributed by atoms with van der Waals surface area (Å²) in [6.45, 7) is 7.01. The molecule has 0 atom stereocenters. The number of nitrogens with two attached hydrogens (primary N) is 1. The second-order valence-corrected chi connectivity index (χ2v) is 6.85. The molecule has 1 aliphatic carbocycles. The molecule has 112 valence electrons. The van der Waals surface area contributed by atoms with E-state index in [0.29, 0.717) is 18.3 Å². The fourth-order valence-electron chi connectivity index (χ4n) is 2.90. The number of hydrogen-bond donors (Lipinski definition) is 1. The van der Waals surface area contributed by atoms with E-state index in [0.717, 1.165) is 27.9 Å². The van der Waals surface area contributed by atoms with Crippen molar-refractivity contribution in [1.29, 1.82) is 0 Å². The van der Waals surface area contributed by atoms with Crippen molar-refractivity contribution in [2.75, 3.05) is 12.3 Å². The van der Waals surface area contributed by atoms with Gasteiger partial charge in [0.15, 0.2) is 5.82 Å². The summed E-state index contributed by atoms with van der Waals surface area (Å²) < 4.78 is 7.08. The van der Waals surface area contributed by atoms with Crippen LogP contribution in [0.15, 0.2) is 0 Å². The van der Waals surface area contributed by atoms with Crippen LogP contribution in [0.1, 0.15) is 70.3 Å². The van der Waals surface area contributed by atoms with E-state index in [-0.39, 0.29) is 5.60 Å². The highest BCUT2D eigenvalue weighted by Crippen LogP contribution is 2.40. The van der Waals surface area contributed by atoms with Crippen LogP contribution in [0, 0.1) is 3.57 Å². The number of halogens is 1. The van der Waals surface area contributed by atoms with Crippen LogP contribution in [0.3, 0.4) is 0 Å². The van der Waals surface area contributed by atoms with E-state index in [1.807, 2.05) is 6.92 Å². The molecule has 0 amide bonds. The van der Waals surface area contributed by atoms with Gasteiger partial charge in [-0.1, -0.05) is 33.1 Å². The Labute approximate surface area is 135 Å². The highest BCUT2D eigenvalue weighted by molar-refractivity contribution is 14.1. The van der Waals surface area contributed by atoms with Crippen molar-refractivity contribution in [2.24, 2.45) is 0 Å². The van der Waals surface area contributed by atoms with Gasteiger partial charge >= 0.3 is 0 Å². The molecule has 0 aliphatic heterocycles. The lowest BCUT2D eigenvalue weighted by Crippen LogP contribution is -2.35. The molecule has 1 aromatic rings. The Hall–Kier alpha value is -0.430. The van der Waals surface area contributed by atoms with Gasteiger partial charge in [-0.15, -0.1) is 0 Å². The van der Waals surface area contributed by atoms with Crippen LogP contribution in [0.5, 0.6) is 0 Å². The first-order valence-corrected chi connectivity index (χ1v) is 8.55. The van der Waals surface area contributed by atoms with Crippen molar-refractivity contribution in [2.45, 2.75) is 64.4 Å². The Balaban J connectivity index is 2.48. The quantitative estimate of drug-likeness (QED) is 0.792. The highest BCUT2D eigenvalue weighted by atomic mass is 127. The highest BCUT2D eigenvalue weighted by Gasteiger charge is 2.38. The normalized spacial score (nSPS) is 18.4. The van der Waals surface area contributed by atoms with Crippen LogP contribution in [0.4, 0.5) is 5.82 Å². The zero-order valence-electron chi connectivity index (χ0n) is 12.6. The van der Waals surface area contributed by atoms with Gasteiger partial charge in [-0.05, 0) is 48.3 Å². The first-order chi connectivity index (χ1) is 9.50. The predicted octanol–water partition coefficient (Wildman–Crippen LogP) is 3.98. The van der Waals surface area contributed by atoms with Gasteiger partial charge in [0.1, 0.15) is 11.4 Å². The minimum atomic E-state index is -0.324. The number of hydrogen-bond acceptors (Lipinski definition) is 4. The SMILES string of the molecule is CCOC1(c2nc(N)c(I)c(C(C)C)n2)CCCCC1. The summed E-state index contributed by atoms with van der Waals surface area (Å²) in [5, 5.41) is 0. The maximum atomic E-state index is 6.11. The molecule has 20 heavy (non-hydrogen) atoms. The summed E-state index contributed by atoms with van der Waals surface area (Å²) in [4.78, 5) is 9.39. The molecular weight excluding hydrogens is 365 g/mol. The largest absolute Gasteiger partial charge is 0.383 e. The Kier molecular flexibility index (Phi) is 5.23. The zero-order chi connectivity index (χ0) is 14.8. The van der Waals surface area contributed by atoms with Gasteiger partial charge < -0.3 is 10.5 Å². The summed E-state index contributed by atoms with van der Waals surface area (Å²) in [5.41, 5.74) is 6.82. The van der Waals surface area contributed by atoms with Crippen LogP contribution in [0.2, 0.25) is 0 Å². The number of rotatable bonds is 4. The molecule has 1 saturated carbocycles. The van der Waals surface area contributed by atoms with E-state index < -0.39 is 0 Å². The summed E-state index contributed by atoms with van der Waals surface area (Å²) in [6, 6.07) is 0. The van der Waals surface area contributed by atoms with Crippen LogP contribution in [-0.4, -0.2) is 16.6 Å². The number of nitrogen functional groups attached to an aromatic ring is 1. The average molecular weight is 389 g/mol. The molecule has 1 aromatic heterocycles. The molecule has 1 aliphatic rings. The molecule has 0 unspecified atom stereocenters. The number of aromatic nitrogens is 2. The predicted molar refractivity (Wildman–Crippen MR) is 89.6 cm³/mol. The van der Waals surface area contributed by atoms with E-state index in [9.17, 15) is 0 Å². The second-order valence-electron chi connectivity index (χ2n) is 5.77. The number of ether oxygens (including phenoxy) is 1. The van der Waals surface area contributed by atoms with Gasteiger partial charge in [0, 0.05) is 6.61 Å². The third-order valence-electron chi connectivity index (χ3n) is 3.94. The zero-order valence-corrected chi connectivity index (χ0v) is 14.7. The molecule has 0 saturated heterocycles. The molecule has 4 nitrogen and oxygen atoms in total. The van der Waals surface area contributed by atoms with Gasteiger partial charge in [0.2, 0.25) is 0 Å². The second kappa shape index (κ2) is 6.56.